The molecular weight excluding hydrogens is 236 g/mol. The summed E-state index contributed by atoms with van der Waals surface area (Å²) >= 11 is 5.82. The lowest BCUT2D eigenvalue weighted by molar-refractivity contribution is 0.854. The lowest BCUT2D eigenvalue weighted by Crippen LogP contribution is -2.21. The number of hydrogen-bond donors (Lipinski definition) is 0. The van der Waals surface area contributed by atoms with Gasteiger partial charge in [0.25, 0.3) is 0 Å². The highest BCUT2D eigenvalue weighted by atomic mass is 35.5. The lowest BCUT2D eigenvalue weighted by atomic mass is 10.2. The maximum atomic E-state index is 5.82. The Morgan fingerprint density at radius 3 is 2.71 bits per heavy atom. The van der Waals surface area contributed by atoms with Gasteiger partial charge in [-0.2, -0.15) is 0 Å². The average molecular weight is 249 g/mol. The molecule has 0 atom stereocenters. The quantitative estimate of drug-likeness (QED) is 0.778. The number of hydrogen-bond acceptors (Lipinski definition) is 4. The molecule has 0 aliphatic carbocycles. The molecule has 5 heteroatoms. The van der Waals surface area contributed by atoms with E-state index in [1.807, 2.05) is 24.1 Å². The minimum absolute atomic E-state index is 0.464. The monoisotopic (exact) mass is 248 g/mol. The summed E-state index contributed by atoms with van der Waals surface area (Å²) in [5.41, 5.74) is 1.26. The third kappa shape index (κ3) is 3.39. The summed E-state index contributed by atoms with van der Waals surface area (Å²) in [6, 6.07) is 5.79. The second-order valence-corrected chi connectivity index (χ2v) is 4.11. The summed E-state index contributed by atoms with van der Waals surface area (Å²) in [6.07, 6.45) is 6.02. The summed E-state index contributed by atoms with van der Waals surface area (Å²) in [5.74, 6) is 0.832. The first-order chi connectivity index (χ1) is 8.25. The maximum absolute atomic E-state index is 5.82. The molecule has 0 bridgehead atoms. The van der Waals surface area contributed by atoms with Gasteiger partial charge in [-0.3, -0.25) is 4.98 Å². The van der Waals surface area contributed by atoms with E-state index in [1.54, 1.807) is 18.5 Å². The van der Waals surface area contributed by atoms with Crippen LogP contribution in [0.15, 0.2) is 36.9 Å². The van der Waals surface area contributed by atoms with Crippen LogP contribution in [0.1, 0.15) is 5.56 Å². The molecule has 2 rings (SSSR count). The molecule has 0 aliphatic rings. The fourth-order valence-electron chi connectivity index (χ4n) is 1.49. The van der Waals surface area contributed by atoms with Crippen LogP contribution in [-0.2, 0) is 6.42 Å². The molecule has 0 amide bonds. The van der Waals surface area contributed by atoms with Gasteiger partial charge in [-0.25, -0.2) is 9.97 Å². The molecular formula is C12H13ClN4. The Hall–Kier alpha value is -1.68. The predicted octanol–water partition coefficient (Wildman–Crippen LogP) is 2.20. The molecule has 4 nitrogen and oxygen atoms in total. The number of pyridine rings is 1. The first kappa shape index (κ1) is 11.8. The molecule has 0 N–H and O–H groups in total. The minimum atomic E-state index is 0.464. The fraction of sp³-hybridized carbons (Fsp3) is 0.250. The third-order valence-electron chi connectivity index (χ3n) is 2.50. The summed E-state index contributed by atoms with van der Waals surface area (Å²) < 4.78 is 0. The number of aromatic nitrogens is 3. The highest BCUT2D eigenvalue weighted by Crippen LogP contribution is 2.13. The number of rotatable bonds is 4. The van der Waals surface area contributed by atoms with Gasteiger partial charge in [-0.1, -0.05) is 11.6 Å². The number of anilines is 1. The Morgan fingerprint density at radius 1 is 1.24 bits per heavy atom. The van der Waals surface area contributed by atoms with E-state index in [0.717, 1.165) is 18.8 Å². The highest BCUT2D eigenvalue weighted by Gasteiger charge is 2.03. The van der Waals surface area contributed by atoms with E-state index in [2.05, 4.69) is 15.0 Å². The zero-order valence-electron chi connectivity index (χ0n) is 9.55. The van der Waals surface area contributed by atoms with Crippen LogP contribution < -0.4 is 4.90 Å². The first-order valence-electron chi connectivity index (χ1n) is 5.33. The van der Waals surface area contributed by atoms with Crippen LogP contribution in [0.25, 0.3) is 0 Å². The lowest BCUT2D eigenvalue weighted by Gasteiger charge is -2.17. The van der Waals surface area contributed by atoms with Crippen LogP contribution in [0.2, 0.25) is 5.15 Å². The summed E-state index contributed by atoms with van der Waals surface area (Å²) in [5, 5.41) is 0.464. The maximum Gasteiger partial charge on any atom is 0.134 e. The minimum Gasteiger partial charge on any atom is -0.359 e. The molecule has 2 heterocycles. The van der Waals surface area contributed by atoms with Crippen LogP contribution in [0.5, 0.6) is 0 Å². The van der Waals surface area contributed by atoms with Crippen molar-refractivity contribution in [1.29, 1.82) is 0 Å². The third-order valence-corrected chi connectivity index (χ3v) is 2.70. The summed E-state index contributed by atoms with van der Waals surface area (Å²) in [7, 11) is 1.99. The molecule has 0 saturated heterocycles. The molecule has 0 fully saturated rings. The van der Waals surface area contributed by atoms with E-state index in [9.17, 15) is 0 Å². The number of likely N-dealkylation sites (N-methyl/N-ethyl adjacent to an activating group) is 1. The van der Waals surface area contributed by atoms with Crippen molar-refractivity contribution in [1.82, 2.24) is 15.0 Å². The van der Waals surface area contributed by atoms with Gasteiger partial charge in [-0.05, 0) is 24.1 Å². The molecule has 17 heavy (non-hydrogen) atoms. The van der Waals surface area contributed by atoms with Gasteiger partial charge in [0.1, 0.15) is 17.3 Å². The molecule has 0 unspecified atom stereocenters. The Balaban J connectivity index is 1.96. The van der Waals surface area contributed by atoms with E-state index in [4.69, 9.17) is 11.6 Å². The van der Waals surface area contributed by atoms with Crippen LogP contribution in [0, 0.1) is 0 Å². The molecule has 0 aromatic carbocycles. The van der Waals surface area contributed by atoms with Crippen molar-refractivity contribution >= 4 is 17.4 Å². The Bertz CT molecular complexity index is 475. The predicted molar refractivity (Wildman–Crippen MR) is 68.3 cm³/mol. The van der Waals surface area contributed by atoms with Crippen molar-refractivity contribution in [3.63, 3.8) is 0 Å². The topological polar surface area (TPSA) is 41.9 Å². The highest BCUT2D eigenvalue weighted by molar-refractivity contribution is 6.29. The second kappa shape index (κ2) is 5.59. The molecule has 0 radical (unpaired) electrons. The summed E-state index contributed by atoms with van der Waals surface area (Å²) in [6.45, 7) is 0.872. The van der Waals surface area contributed by atoms with Crippen molar-refractivity contribution in [2.45, 2.75) is 6.42 Å². The largest absolute Gasteiger partial charge is 0.359 e. The van der Waals surface area contributed by atoms with Crippen LogP contribution >= 0.6 is 11.6 Å². The Kier molecular flexibility index (Phi) is 3.88. The first-order valence-corrected chi connectivity index (χ1v) is 5.71. The van der Waals surface area contributed by atoms with Crippen LogP contribution in [0.3, 0.4) is 0 Å². The van der Waals surface area contributed by atoms with Crippen molar-refractivity contribution in [2.24, 2.45) is 0 Å². The number of halogens is 1. The molecule has 0 spiro atoms. The van der Waals surface area contributed by atoms with Gasteiger partial charge in [0.05, 0.1) is 0 Å². The Morgan fingerprint density at radius 2 is 2.00 bits per heavy atom. The molecule has 0 saturated carbocycles. The summed E-state index contributed by atoms with van der Waals surface area (Å²) in [4.78, 5) is 14.1. The Labute approximate surface area is 105 Å². The molecule has 88 valence electrons. The van der Waals surface area contributed by atoms with Crippen molar-refractivity contribution in [3.05, 3.63) is 47.6 Å². The SMILES string of the molecule is CN(CCc1ccncc1)c1cc(Cl)ncn1. The van der Waals surface area contributed by atoms with Crippen LogP contribution in [-0.4, -0.2) is 28.5 Å². The smallest absolute Gasteiger partial charge is 0.134 e. The van der Waals surface area contributed by atoms with Crippen molar-refractivity contribution in [2.75, 3.05) is 18.5 Å². The molecule has 2 aromatic heterocycles. The normalized spacial score (nSPS) is 10.2. The average Bonchev–Trinajstić information content (AvgIpc) is 2.37. The molecule has 2 aromatic rings. The van der Waals surface area contributed by atoms with Crippen molar-refractivity contribution in [3.8, 4) is 0 Å². The van der Waals surface area contributed by atoms with Gasteiger partial charge in [0.15, 0.2) is 0 Å². The zero-order chi connectivity index (χ0) is 12.1. The zero-order valence-corrected chi connectivity index (χ0v) is 10.3. The number of nitrogens with zero attached hydrogens (tertiary/aromatic N) is 4. The van der Waals surface area contributed by atoms with E-state index in [1.165, 1.54) is 11.9 Å². The van der Waals surface area contributed by atoms with Crippen LogP contribution in [0.4, 0.5) is 5.82 Å². The van der Waals surface area contributed by atoms with Gasteiger partial charge >= 0.3 is 0 Å². The van der Waals surface area contributed by atoms with Crippen molar-refractivity contribution < 1.29 is 0 Å². The van der Waals surface area contributed by atoms with E-state index in [-0.39, 0.29) is 0 Å². The molecule has 0 aliphatic heterocycles. The fourth-order valence-corrected chi connectivity index (χ4v) is 1.64. The van der Waals surface area contributed by atoms with Gasteiger partial charge < -0.3 is 4.90 Å². The van der Waals surface area contributed by atoms with Gasteiger partial charge in [0, 0.05) is 32.1 Å². The van der Waals surface area contributed by atoms with E-state index < -0.39 is 0 Å². The van der Waals surface area contributed by atoms with E-state index in [0.29, 0.717) is 5.15 Å². The van der Waals surface area contributed by atoms with Gasteiger partial charge in [-0.15, -0.1) is 0 Å². The second-order valence-electron chi connectivity index (χ2n) is 3.73. The van der Waals surface area contributed by atoms with Gasteiger partial charge in [0.2, 0.25) is 0 Å². The standard InChI is InChI=1S/C12H13ClN4/c1-17(12-8-11(13)15-9-16-12)7-4-10-2-5-14-6-3-10/h2-3,5-6,8-9H,4,7H2,1H3. The van der Waals surface area contributed by atoms with E-state index >= 15 is 0 Å².